The van der Waals surface area contributed by atoms with Crippen LogP contribution in [0.25, 0.3) is 0 Å². The number of hydrogen-bond acceptors (Lipinski definition) is 8. The minimum absolute atomic E-state index is 0.0112. The van der Waals surface area contributed by atoms with Gasteiger partial charge in [-0.05, 0) is 19.3 Å². The van der Waals surface area contributed by atoms with Gasteiger partial charge in [0.05, 0.1) is 6.61 Å². The van der Waals surface area contributed by atoms with Crippen LogP contribution < -0.4 is 21.3 Å². The first kappa shape index (κ1) is 15.4. The SMILES string of the molecule is CCCOc1nc(NN)nc(NC(C)C(C)CO)n1. The van der Waals surface area contributed by atoms with E-state index in [-0.39, 0.29) is 30.5 Å². The van der Waals surface area contributed by atoms with Crippen LogP contribution in [-0.4, -0.2) is 39.3 Å². The number of nitrogens with zero attached hydrogens (tertiary/aromatic N) is 3. The van der Waals surface area contributed by atoms with E-state index in [1.165, 1.54) is 0 Å². The zero-order valence-electron chi connectivity index (χ0n) is 11.6. The highest BCUT2D eigenvalue weighted by molar-refractivity contribution is 5.35. The standard InChI is InChI=1S/C11H22N6O2/c1-4-5-19-11-15-9(14-10(16-11)17-12)13-8(3)7(2)6-18/h7-8,18H,4-6,12H2,1-3H3,(H2,13,14,15,16,17). The summed E-state index contributed by atoms with van der Waals surface area (Å²) < 4.78 is 5.36. The van der Waals surface area contributed by atoms with Crippen LogP contribution in [0.3, 0.4) is 0 Å². The number of rotatable bonds is 8. The molecule has 0 bridgehead atoms. The summed E-state index contributed by atoms with van der Waals surface area (Å²) in [7, 11) is 0. The molecule has 8 heteroatoms. The molecule has 2 atom stereocenters. The number of ether oxygens (including phenoxy) is 1. The van der Waals surface area contributed by atoms with E-state index < -0.39 is 0 Å². The highest BCUT2D eigenvalue weighted by Gasteiger charge is 2.14. The molecule has 0 aliphatic heterocycles. The van der Waals surface area contributed by atoms with E-state index in [1.807, 2.05) is 20.8 Å². The second kappa shape index (κ2) is 7.70. The Morgan fingerprint density at radius 3 is 2.53 bits per heavy atom. The Morgan fingerprint density at radius 2 is 1.95 bits per heavy atom. The van der Waals surface area contributed by atoms with Gasteiger partial charge in [0, 0.05) is 12.6 Å². The zero-order chi connectivity index (χ0) is 14.3. The summed E-state index contributed by atoms with van der Waals surface area (Å²) in [6, 6.07) is 0.230. The molecule has 1 aromatic rings. The summed E-state index contributed by atoms with van der Waals surface area (Å²) in [4.78, 5) is 12.2. The number of nitrogens with two attached hydrogens (primary N) is 1. The molecule has 0 aliphatic rings. The van der Waals surface area contributed by atoms with Crippen molar-refractivity contribution in [1.29, 1.82) is 0 Å². The average molecular weight is 270 g/mol. The number of aliphatic hydroxyl groups is 1. The molecule has 1 aromatic heterocycles. The molecule has 0 spiro atoms. The second-order valence-corrected chi connectivity index (χ2v) is 4.35. The van der Waals surface area contributed by atoms with Gasteiger partial charge in [-0.3, -0.25) is 5.43 Å². The van der Waals surface area contributed by atoms with Crippen molar-refractivity contribution in [2.24, 2.45) is 11.8 Å². The molecule has 0 radical (unpaired) electrons. The summed E-state index contributed by atoms with van der Waals surface area (Å²) in [6.07, 6.45) is 0.859. The summed E-state index contributed by atoms with van der Waals surface area (Å²) >= 11 is 0. The Kier molecular flexibility index (Phi) is 6.23. The Bertz CT molecular complexity index is 389. The van der Waals surface area contributed by atoms with Crippen LogP contribution in [0, 0.1) is 5.92 Å². The van der Waals surface area contributed by atoms with Gasteiger partial charge in [0.1, 0.15) is 0 Å². The molecule has 19 heavy (non-hydrogen) atoms. The Hall–Kier alpha value is -1.67. The van der Waals surface area contributed by atoms with Crippen molar-refractivity contribution in [2.75, 3.05) is 24.0 Å². The van der Waals surface area contributed by atoms with Gasteiger partial charge < -0.3 is 15.2 Å². The van der Waals surface area contributed by atoms with Crippen molar-refractivity contribution < 1.29 is 9.84 Å². The van der Waals surface area contributed by atoms with Crippen LogP contribution in [-0.2, 0) is 0 Å². The zero-order valence-corrected chi connectivity index (χ0v) is 11.6. The Balaban J connectivity index is 2.81. The summed E-state index contributed by atoms with van der Waals surface area (Å²) in [5.41, 5.74) is 2.37. The molecule has 1 rings (SSSR count). The van der Waals surface area contributed by atoms with Crippen molar-refractivity contribution in [3.63, 3.8) is 0 Å². The lowest BCUT2D eigenvalue weighted by Crippen LogP contribution is -2.27. The molecule has 8 nitrogen and oxygen atoms in total. The number of aromatic nitrogens is 3. The van der Waals surface area contributed by atoms with E-state index in [4.69, 9.17) is 15.7 Å². The van der Waals surface area contributed by atoms with Crippen LogP contribution in [0.4, 0.5) is 11.9 Å². The van der Waals surface area contributed by atoms with Gasteiger partial charge in [-0.1, -0.05) is 13.8 Å². The van der Waals surface area contributed by atoms with Gasteiger partial charge in [0.25, 0.3) is 0 Å². The number of hydrazine groups is 1. The van der Waals surface area contributed by atoms with Crippen LogP contribution in [0.15, 0.2) is 0 Å². The largest absolute Gasteiger partial charge is 0.463 e. The molecule has 5 N–H and O–H groups in total. The van der Waals surface area contributed by atoms with Crippen LogP contribution in [0.1, 0.15) is 27.2 Å². The third kappa shape index (κ3) is 4.84. The first-order valence-electron chi connectivity index (χ1n) is 6.33. The van der Waals surface area contributed by atoms with Crippen LogP contribution in [0.2, 0.25) is 0 Å². The number of nitrogens with one attached hydrogen (secondary N) is 2. The maximum absolute atomic E-state index is 9.10. The van der Waals surface area contributed by atoms with Gasteiger partial charge in [-0.15, -0.1) is 0 Å². The number of nitrogen functional groups attached to an aromatic ring is 1. The molecular weight excluding hydrogens is 248 g/mol. The molecular formula is C11H22N6O2. The number of anilines is 2. The number of aliphatic hydroxyl groups excluding tert-OH is 1. The molecule has 0 saturated heterocycles. The highest BCUT2D eigenvalue weighted by Crippen LogP contribution is 2.13. The monoisotopic (exact) mass is 270 g/mol. The van der Waals surface area contributed by atoms with Gasteiger partial charge in [0.15, 0.2) is 0 Å². The fraction of sp³-hybridized carbons (Fsp3) is 0.727. The van der Waals surface area contributed by atoms with E-state index in [0.717, 1.165) is 6.42 Å². The summed E-state index contributed by atoms with van der Waals surface area (Å²) in [5, 5.41) is 12.2. The van der Waals surface area contributed by atoms with Crippen LogP contribution >= 0.6 is 0 Å². The summed E-state index contributed by atoms with van der Waals surface area (Å²) in [6.45, 7) is 6.46. The quantitative estimate of drug-likeness (QED) is 0.395. The fourth-order valence-electron chi connectivity index (χ4n) is 1.25. The smallest absolute Gasteiger partial charge is 0.323 e. The van der Waals surface area contributed by atoms with E-state index in [2.05, 4.69) is 25.7 Å². The van der Waals surface area contributed by atoms with E-state index in [0.29, 0.717) is 12.6 Å². The maximum atomic E-state index is 9.10. The van der Waals surface area contributed by atoms with Crippen molar-refractivity contribution in [3.05, 3.63) is 0 Å². The Morgan fingerprint density at radius 1 is 1.26 bits per heavy atom. The number of hydrogen-bond donors (Lipinski definition) is 4. The van der Waals surface area contributed by atoms with Gasteiger partial charge in [-0.2, -0.15) is 15.0 Å². The average Bonchev–Trinajstić information content (AvgIpc) is 2.43. The maximum Gasteiger partial charge on any atom is 0.323 e. The lowest BCUT2D eigenvalue weighted by molar-refractivity contribution is 0.226. The fourth-order valence-corrected chi connectivity index (χ4v) is 1.25. The minimum atomic E-state index is 0.0112. The van der Waals surface area contributed by atoms with Crippen molar-refractivity contribution in [3.8, 4) is 6.01 Å². The molecule has 108 valence electrons. The van der Waals surface area contributed by atoms with E-state index >= 15 is 0 Å². The molecule has 0 aliphatic carbocycles. The van der Waals surface area contributed by atoms with Gasteiger partial charge >= 0.3 is 6.01 Å². The molecule has 0 fully saturated rings. The first-order valence-corrected chi connectivity index (χ1v) is 6.33. The van der Waals surface area contributed by atoms with E-state index in [9.17, 15) is 0 Å². The van der Waals surface area contributed by atoms with Crippen molar-refractivity contribution in [1.82, 2.24) is 15.0 Å². The molecule has 0 aromatic carbocycles. The summed E-state index contributed by atoms with van der Waals surface area (Å²) in [5.74, 6) is 5.97. The molecule has 2 unspecified atom stereocenters. The lowest BCUT2D eigenvalue weighted by Gasteiger charge is -2.19. The van der Waals surface area contributed by atoms with Gasteiger partial charge in [0.2, 0.25) is 11.9 Å². The third-order valence-corrected chi connectivity index (χ3v) is 2.68. The molecule has 0 amide bonds. The molecule has 0 saturated carbocycles. The molecule has 1 heterocycles. The predicted octanol–water partition coefficient (Wildman–Crippen LogP) is 0.375. The predicted molar refractivity (Wildman–Crippen MR) is 72.8 cm³/mol. The third-order valence-electron chi connectivity index (χ3n) is 2.68. The van der Waals surface area contributed by atoms with Crippen LogP contribution in [0.5, 0.6) is 6.01 Å². The second-order valence-electron chi connectivity index (χ2n) is 4.35. The van der Waals surface area contributed by atoms with Crippen molar-refractivity contribution in [2.45, 2.75) is 33.2 Å². The Labute approximate surface area is 112 Å². The first-order chi connectivity index (χ1) is 9.10. The lowest BCUT2D eigenvalue weighted by atomic mass is 10.1. The highest BCUT2D eigenvalue weighted by atomic mass is 16.5. The topological polar surface area (TPSA) is 118 Å². The van der Waals surface area contributed by atoms with Gasteiger partial charge in [-0.25, -0.2) is 5.84 Å². The minimum Gasteiger partial charge on any atom is -0.463 e. The van der Waals surface area contributed by atoms with Crippen molar-refractivity contribution >= 4 is 11.9 Å². The van der Waals surface area contributed by atoms with E-state index in [1.54, 1.807) is 0 Å². The normalized spacial score (nSPS) is 13.7.